The zero-order chi connectivity index (χ0) is 22.9. The van der Waals surface area contributed by atoms with Crippen LogP contribution in [0.5, 0.6) is 5.75 Å². The molecule has 1 unspecified atom stereocenters. The van der Waals surface area contributed by atoms with Gasteiger partial charge in [0.05, 0.1) is 36.6 Å². The van der Waals surface area contributed by atoms with E-state index >= 15 is 0 Å². The average molecular weight is 444 g/mol. The summed E-state index contributed by atoms with van der Waals surface area (Å²) in [4.78, 5) is 9.29. The van der Waals surface area contributed by atoms with Crippen LogP contribution in [0.4, 0.5) is 4.39 Å². The van der Waals surface area contributed by atoms with Crippen LogP contribution in [0.25, 0.3) is 11.8 Å². The first-order chi connectivity index (χ1) is 16.0. The van der Waals surface area contributed by atoms with Gasteiger partial charge in [-0.15, -0.1) is 0 Å². The lowest BCUT2D eigenvalue weighted by Gasteiger charge is -2.33. The first-order valence-electron chi connectivity index (χ1n) is 11.1. The molecule has 0 bridgehead atoms. The Morgan fingerprint density at radius 1 is 1.15 bits per heavy atom. The smallest absolute Gasteiger partial charge is 0.147 e. The minimum atomic E-state index is -0.250. The molecule has 6 nitrogen and oxygen atoms in total. The van der Waals surface area contributed by atoms with Crippen molar-refractivity contribution in [3.8, 4) is 11.4 Å². The Bertz CT molecular complexity index is 1270. The molecule has 0 saturated carbocycles. The third kappa shape index (κ3) is 4.18. The molecule has 5 rings (SSSR count). The Balaban J connectivity index is 1.45. The summed E-state index contributed by atoms with van der Waals surface area (Å²) in [6.45, 7) is 4.81. The largest absolute Gasteiger partial charge is 0.495 e. The van der Waals surface area contributed by atoms with Crippen molar-refractivity contribution in [2.45, 2.75) is 32.7 Å². The Morgan fingerprint density at radius 3 is 2.70 bits per heavy atom. The van der Waals surface area contributed by atoms with Crippen LogP contribution in [0.15, 0.2) is 70.7 Å². The van der Waals surface area contributed by atoms with Crippen molar-refractivity contribution >= 4 is 17.6 Å². The standard InChI is InChI=1S/C26H26FN5O/c1-17-15-31(16-28-17)23-11-6-19(14-24(23)33-3)13-21-5-4-12-32-26(21)29-18(2)25(30-32)20-7-9-22(27)10-8-20/h6-11,13-16,18H,4-5,12H2,1-3H3/b21-13+. The number of aliphatic imine (C=N–C) groups is 1. The molecule has 33 heavy (non-hydrogen) atoms. The maximum atomic E-state index is 13.4. The van der Waals surface area contributed by atoms with Gasteiger partial charge >= 0.3 is 0 Å². The maximum absolute atomic E-state index is 13.4. The van der Waals surface area contributed by atoms with Crippen molar-refractivity contribution < 1.29 is 9.13 Å². The Labute approximate surface area is 192 Å². The number of fused-ring (bicyclic) bond motifs is 1. The van der Waals surface area contributed by atoms with Crippen LogP contribution in [0.3, 0.4) is 0 Å². The average Bonchev–Trinajstić information content (AvgIpc) is 3.25. The Morgan fingerprint density at radius 2 is 1.97 bits per heavy atom. The molecule has 1 saturated heterocycles. The molecule has 0 spiro atoms. The summed E-state index contributed by atoms with van der Waals surface area (Å²) in [7, 11) is 1.68. The minimum absolute atomic E-state index is 0.107. The fraction of sp³-hybridized carbons (Fsp3) is 0.269. The molecule has 3 heterocycles. The second-order valence-corrected chi connectivity index (χ2v) is 8.37. The van der Waals surface area contributed by atoms with E-state index in [1.807, 2.05) is 41.8 Å². The Kier molecular flexibility index (Phi) is 5.54. The quantitative estimate of drug-likeness (QED) is 0.569. The number of hydrogen-bond donors (Lipinski definition) is 0. The van der Waals surface area contributed by atoms with Crippen LogP contribution in [-0.4, -0.2) is 45.8 Å². The summed E-state index contributed by atoms with van der Waals surface area (Å²) in [6.07, 6.45) is 7.86. The number of halogens is 1. The van der Waals surface area contributed by atoms with Gasteiger partial charge in [0, 0.05) is 18.3 Å². The van der Waals surface area contributed by atoms with E-state index in [0.717, 1.165) is 64.8 Å². The topological polar surface area (TPSA) is 55.0 Å². The van der Waals surface area contributed by atoms with Crippen LogP contribution >= 0.6 is 0 Å². The minimum Gasteiger partial charge on any atom is -0.495 e. The van der Waals surface area contributed by atoms with Gasteiger partial charge in [0.2, 0.25) is 0 Å². The normalized spacial score (nSPS) is 19.2. The molecular formula is C26H26FN5O. The van der Waals surface area contributed by atoms with Crippen molar-refractivity contribution in [2.75, 3.05) is 13.7 Å². The number of amidine groups is 1. The molecule has 1 fully saturated rings. The van der Waals surface area contributed by atoms with Crippen LogP contribution in [-0.2, 0) is 0 Å². The fourth-order valence-electron chi connectivity index (χ4n) is 4.32. The molecule has 1 aromatic heterocycles. The number of imidazole rings is 1. The highest BCUT2D eigenvalue weighted by Gasteiger charge is 2.28. The SMILES string of the molecule is COc1cc(/C=C2\CCCN3N=C(c4ccc(F)cc4)C(C)N=C23)ccc1-n1cnc(C)c1. The molecule has 2 aliphatic heterocycles. The van der Waals surface area contributed by atoms with Gasteiger partial charge in [0.1, 0.15) is 17.4 Å². The van der Waals surface area contributed by atoms with Gasteiger partial charge in [0.15, 0.2) is 0 Å². The van der Waals surface area contributed by atoms with E-state index in [-0.39, 0.29) is 11.9 Å². The first kappa shape index (κ1) is 21.1. The maximum Gasteiger partial charge on any atom is 0.147 e. The number of hydrogen-bond acceptors (Lipinski definition) is 5. The number of aryl methyl sites for hydroxylation is 1. The molecule has 168 valence electrons. The van der Waals surface area contributed by atoms with Gasteiger partial charge in [-0.3, -0.25) is 4.99 Å². The highest BCUT2D eigenvalue weighted by atomic mass is 19.1. The molecule has 0 aliphatic carbocycles. The molecular weight excluding hydrogens is 417 g/mol. The van der Waals surface area contributed by atoms with Gasteiger partial charge in [-0.1, -0.05) is 18.2 Å². The van der Waals surface area contributed by atoms with Gasteiger partial charge in [-0.25, -0.2) is 14.4 Å². The summed E-state index contributed by atoms with van der Waals surface area (Å²) in [5.74, 6) is 1.44. The van der Waals surface area contributed by atoms with Crippen molar-refractivity contribution in [3.63, 3.8) is 0 Å². The lowest BCUT2D eigenvalue weighted by Crippen LogP contribution is -2.40. The number of hydrazone groups is 1. The van der Waals surface area contributed by atoms with Crippen molar-refractivity contribution in [3.05, 3.63) is 83.2 Å². The summed E-state index contributed by atoms with van der Waals surface area (Å²) < 4.78 is 21.0. The van der Waals surface area contributed by atoms with Crippen LogP contribution in [0.1, 0.15) is 36.6 Å². The molecule has 0 amide bonds. The summed E-state index contributed by atoms with van der Waals surface area (Å²) >= 11 is 0. The third-order valence-electron chi connectivity index (χ3n) is 5.96. The summed E-state index contributed by atoms with van der Waals surface area (Å²) in [5.41, 5.74) is 5.87. The van der Waals surface area contributed by atoms with Gasteiger partial charge in [0.25, 0.3) is 0 Å². The van der Waals surface area contributed by atoms with E-state index in [0.29, 0.717) is 0 Å². The predicted molar refractivity (Wildman–Crippen MR) is 129 cm³/mol. The number of benzene rings is 2. The second-order valence-electron chi connectivity index (χ2n) is 8.37. The van der Waals surface area contributed by atoms with Gasteiger partial charge < -0.3 is 9.30 Å². The number of piperidine rings is 1. The second kappa shape index (κ2) is 8.65. The molecule has 0 radical (unpaired) electrons. The summed E-state index contributed by atoms with van der Waals surface area (Å²) in [6, 6.07) is 12.5. The number of rotatable bonds is 4. The monoisotopic (exact) mass is 443 g/mol. The van der Waals surface area contributed by atoms with Crippen LogP contribution < -0.4 is 4.74 Å². The van der Waals surface area contributed by atoms with E-state index in [2.05, 4.69) is 17.1 Å². The molecule has 7 heteroatoms. The highest BCUT2D eigenvalue weighted by molar-refractivity contribution is 6.11. The number of aromatic nitrogens is 2. The molecule has 2 aliphatic rings. The number of methoxy groups -OCH3 is 1. The molecule has 3 aromatic rings. The van der Waals surface area contributed by atoms with E-state index in [9.17, 15) is 4.39 Å². The Hall–Kier alpha value is -3.74. The zero-order valence-electron chi connectivity index (χ0n) is 19.0. The molecule has 0 N–H and O–H groups in total. The predicted octanol–water partition coefficient (Wildman–Crippen LogP) is 5.01. The lowest BCUT2D eigenvalue weighted by molar-refractivity contribution is 0.403. The summed E-state index contributed by atoms with van der Waals surface area (Å²) in [5, 5.41) is 6.87. The first-order valence-corrected chi connectivity index (χ1v) is 11.1. The van der Waals surface area contributed by atoms with E-state index in [1.54, 1.807) is 25.6 Å². The van der Waals surface area contributed by atoms with Crippen LogP contribution in [0, 0.1) is 12.7 Å². The van der Waals surface area contributed by atoms with E-state index in [1.165, 1.54) is 12.1 Å². The van der Waals surface area contributed by atoms with Crippen molar-refractivity contribution in [1.29, 1.82) is 0 Å². The molecule has 2 aromatic carbocycles. The fourth-order valence-corrected chi connectivity index (χ4v) is 4.32. The zero-order valence-corrected chi connectivity index (χ0v) is 19.0. The van der Waals surface area contributed by atoms with Crippen molar-refractivity contribution in [2.24, 2.45) is 10.1 Å². The van der Waals surface area contributed by atoms with E-state index < -0.39 is 0 Å². The van der Waals surface area contributed by atoms with Crippen LogP contribution in [0.2, 0.25) is 0 Å². The van der Waals surface area contributed by atoms with E-state index in [4.69, 9.17) is 14.8 Å². The number of nitrogens with zero attached hydrogens (tertiary/aromatic N) is 5. The third-order valence-corrected chi connectivity index (χ3v) is 5.96. The number of ether oxygens (including phenoxy) is 1. The lowest BCUT2D eigenvalue weighted by atomic mass is 9.98. The van der Waals surface area contributed by atoms with Gasteiger partial charge in [-0.05, 0) is 68.2 Å². The van der Waals surface area contributed by atoms with Crippen molar-refractivity contribution in [1.82, 2.24) is 14.6 Å². The van der Waals surface area contributed by atoms with Gasteiger partial charge in [-0.2, -0.15) is 5.10 Å². The highest BCUT2D eigenvalue weighted by Crippen LogP contribution is 2.29. The molecule has 1 atom stereocenters.